The van der Waals surface area contributed by atoms with Gasteiger partial charge in [0.25, 0.3) is 0 Å². The van der Waals surface area contributed by atoms with Crippen LogP contribution in [0.1, 0.15) is 61.3 Å². The number of carbonyl (C=O) groups excluding carboxylic acids is 2. The summed E-state index contributed by atoms with van der Waals surface area (Å²) < 4.78 is 4.97. The first-order chi connectivity index (χ1) is 17.1. The molecule has 1 aromatic carbocycles. The Balaban J connectivity index is 1.28. The largest absolute Gasteiger partial charge is 0.469 e. The van der Waals surface area contributed by atoms with Crippen LogP contribution in [0.15, 0.2) is 36.4 Å². The number of esters is 1. The maximum atomic E-state index is 12.9. The first kappa shape index (κ1) is 25.0. The lowest BCUT2D eigenvalue weighted by molar-refractivity contribution is -0.141. The van der Waals surface area contributed by atoms with Crippen molar-refractivity contribution in [3.05, 3.63) is 53.2 Å². The van der Waals surface area contributed by atoms with Gasteiger partial charge in [0.15, 0.2) is 0 Å². The molecule has 2 aliphatic rings. The van der Waals surface area contributed by atoms with Crippen molar-refractivity contribution in [3.63, 3.8) is 0 Å². The van der Waals surface area contributed by atoms with E-state index in [-0.39, 0.29) is 17.8 Å². The van der Waals surface area contributed by atoms with E-state index in [1.54, 1.807) is 0 Å². The Hall–Kier alpha value is -3.09. The quantitative estimate of drug-likeness (QED) is 0.520. The molecule has 0 bridgehead atoms. The lowest BCUT2D eigenvalue weighted by atomic mass is 9.82. The van der Waals surface area contributed by atoms with Gasteiger partial charge in [-0.25, -0.2) is 4.98 Å². The van der Waals surface area contributed by atoms with E-state index >= 15 is 0 Å². The van der Waals surface area contributed by atoms with Crippen LogP contribution in [-0.2, 0) is 27.2 Å². The third-order valence-electron chi connectivity index (χ3n) is 7.42. The van der Waals surface area contributed by atoms with Crippen LogP contribution in [0.25, 0.3) is 0 Å². The van der Waals surface area contributed by atoms with Gasteiger partial charge in [-0.05, 0) is 79.7 Å². The summed E-state index contributed by atoms with van der Waals surface area (Å²) in [7, 11) is 3.35. The van der Waals surface area contributed by atoms with Crippen molar-refractivity contribution in [2.45, 2.75) is 57.3 Å². The molecule has 2 aliphatic heterocycles. The van der Waals surface area contributed by atoms with Crippen LogP contribution in [0.2, 0.25) is 0 Å². The number of rotatable bonds is 9. The molecule has 3 heterocycles. The number of benzene rings is 1. The fourth-order valence-electron chi connectivity index (χ4n) is 5.29. The molecule has 7 nitrogen and oxygen atoms in total. The third kappa shape index (κ3) is 6.74. The average molecular weight is 479 g/mol. The highest BCUT2D eigenvalue weighted by atomic mass is 16.5. The number of likely N-dealkylation sites (tertiary alicyclic amines) is 1. The Kier molecular flexibility index (Phi) is 8.61. The number of anilines is 2. The van der Waals surface area contributed by atoms with Crippen LogP contribution >= 0.6 is 0 Å². The highest BCUT2D eigenvalue weighted by molar-refractivity contribution is 5.76. The van der Waals surface area contributed by atoms with Gasteiger partial charge in [0.2, 0.25) is 5.91 Å². The molecule has 1 saturated heterocycles. The molecule has 1 amide bonds. The fourth-order valence-corrected chi connectivity index (χ4v) is 5.29. The first-order valence-corrected chi connectivity index (χ1v) is 12.9. The third-order valence-corrected chi connectivity index (χ3v) is 7.42. The van der Waals surface area contributed by atoms with Crippen LogP contribution in [-0.4, -0.2) is 55.6 Å². The number of pyridine rings is 1. The maximum Gasteiger partial charge on any atom is 0.306 e. The molecule has 4 rings (SSSR count). The zero-order valence-electron chi connectivity index (χ0n) is 21.0. The first-order valence-electron chi connectivity index (χ1n) is 12.9. The summed E-state index contributed by atoms with van der Waals surface area (Å²) in [6, 6.07) is 12.5. The van der Waals surface area contributed by atoms with Gasteiger partial charge in [-0.15, -0.1) is 0 Å². The molecule has 0 radical (unpaired) electrons. The van der Waals surface area contributed by atoms with E-state index in [4.69, 9.17) is 9.72 Å². The van der Waals surface area contributed by atoms with Crippen molar-refractivity contribution in [3.8, 4) is 0 Å². The van der Waals surface area contributed by atoms with Gasteiger partial charge in [-0.1, -0.05) is 18.2 Å². The van der Waals surface area contributed by atoms with E-state index < -0.39 is 0 Å². The number of fused-ring (bicyclic) bond motifs is 1. The van der Waals surface area contributed by atoms with Crippen LogP contribution in [0, 0.1) is 5.92 Å². The molecular weight excluding hydrogens is 440 g/mol. The van der Waals surface area contributed by atoms with Crippen molar-refractivity contribution in [2.75, 3.05) is 44.4 Å². The summed E-state index contributed by atoms with van der Waals surface area (Å²) in [6.07, 6.45) is 6.64. The lowest BCUT2D eigenvalue weighted by Gasteiger charge is -2.34. The Labute approximate surface area is 208 Å². The number of amides is 1. The second-order valence-corrected chi connectivity index (χ2v) is 9.75. The topological polar surface area (TPSA) is 83.6 Å². The molecule has 2 aromatic rings. The van der Waals surface area contributed by atoms with Gasteiger partial charge in [0, 0.05) is 44.5 Å². The lowest BCUT2D eigenvalue weighted by Crippen LogP contribution is -2.39. The average Bonchev–Trinajstić information content (AvgIpc) is 2.91. The Morgan fingerprint density at radius 1 is 1.23 bits per heavy atom. The Morgan fingerprint density at radius 2 is 2.06 bits per heavy atom. The van der Waals surface area contributed by atoms with Gasteiger partial charge in [0.1, 0.15) is 5.82 Å². The summed E-state index contributed by atoms with van der Waals surface area (Å²) >= 11 is 0. The number of hydrogen-bond acceptors (Lipinski definition) is 6. The summed E-state index contributed by atoms with van der Waals surface area (Å²) in [6.45, 7) is 2.53. The van der Waals surface area contributed by atoms with Gasteiger partial charge in [-0.3, -0.25) is 9.59 Å². The predicted octanol–water partition coefficient (Wildman–Crippen LogP) is 4.39. The van der Waals surface area contributed by atoms with Crippen molar-refractivity contribution < 1.29 is 14.3 Å². The SMILES string of the molecule is CNc1cccc(C(CC(=O)OC)CC2CCN(C(=O)CCc3ccc4c(n3)NCCC4)CC2)c1. The van der Waals surface area contributed by atoms with Crippen molar-refractivity contribution >= 4 is 23.4 Å². The molecule has 1 aromatic heterocycles. The maximum absolute atomic E-state index is 12.9. The Morgan fingerprint density at radius 3 is 2.83 bits per heavy atom. The van der Waals surface area contributed by atoms with Gasteiger partial charge < -0.3 is 20.3 Å². The number of nitrogens with zero attached hydrogens (tertiary/aromatic N) is 2. The minimum absolute atomic E-state index is 0.117. The smallest absolute Gasteiger partial charge is 0.306 e. The van der Waals surface area contributed by atoms with Crippen LogP contribution in [0.5, 0.6) is 0 Å². The molecule has 0 spiro atoms. The number of aryl methyl sites for hydroxylation is 2. The van der Waals surface area contributed by atoms with Crippen LogP contribution in [0.4, 0.5) is 11.5 Å². The molecule has 1 atom stereocenters. The van der Waals surface area contributed by atoms with Gasteiger partial charge in [-0.2, -0.15) is 0 Å². The standard InChI is InChI=1S/C28H38N4O3/c1-29-25-7-3-5-22(18-25)23(19-27(34)35-2)17-20-12-15-32(16-13-20)26(33)11-10-24-9-8-21-6-4-14-30-28(21)31-24/h3,5,7-9,18,20,23,29H,4,6,10-17,19H2,1-2H3,(H,30,31). The van der Waals surface area contributed by atoms with Gasteiger partial charge >= 0.3 is 5.97 Å². The van der Waals surface area contributed by atoms with E-state index in [9.17, 15) is 9.59 Å². The van der Waals surface area contributed by atoms with E-state index in [0.717, 1.165) is 74.5 Å². The van der Waals surface area contributed by atoms with E-state index in [2.05, 4.69) is 34.9 Å². The minimum atomic E-state index is -0.177. The number of carbonyl (C=O) groups is 2. The van der Waals surface area contributed by atoms with E-state index in [1.165, 1.54) is 12.7 Å². The van der Waals surface area contributed by atoms with Crippen LogP contribution in [0.3, 0.4) is 0 Å². The van der Waals surface area contributed by atoms with Crippen molar-refractivity contribution in [2.24, 2.45) is 5.92 Å². The number of nitrogens with one attached hydrogen (secondary N) is 2. The molecule has 2 N–H and O–H groups in total. The number of hydrogen-bond donors (Lipinski definition) is 2. The van der Waals surface area contributed by atoms with E-state index in [0.29, 0.717) is 25.2 Å². The molecular formula is C28H38N4O3. The molecule has 0 aliphatic carbocycles. The molecule has 1 fully saturated rings. The summed E-state index contributed by atoms with van der Waals surface area (Å²) in [5.74, 6) is 1.63. The monoisotopic (exact) mass is 478 g/mol. The Bertz CT molecular complexity index is 1020. The zero-order chi connectivity index (χ0) is 24.6. The molecule has 0 saturated carbocycles. The molecule has 188 valence electrons. The molecule has 7 heteroatoms. The van der Waals surface area contributed by atoms with Gasteiger partial charge in [0.05, 0.1) is 13.5 Å². The zero-order valence-corrected chi connectivity index (χ0v) is 21.0. The van der Waals surface area contributed by atoms with Crippen molar-refractivity contribution in [1.82, 2.24) is 9.88 Å². The summed E-state index contributed by atoms with van der Waals surface area (Å²) in [5, 5.41) is 6.55. The molecule has 1 unspecified atom stereocenters. The normalized spacial score (nSPS) is 16.7. The van der Waals surface area contributed by atoms with E-state index in [1.807, 2.05) is 24.1 Å². The van der Waals surface area contributed by atoms with Crippen molar-refractivity contribution in [1.29, 1.82) is 0 Å². The number of aromatic nitrogens is 1. The molecule has 35 heavy (non-hydrogen) atoms. The number of methoxy groups -OCH3 is 1. The summed E-state index contributed by atoms with van der Waals surface area (Å²) in [5.41, 5.74) is 4.46. The number of piperidine rings is 1. The fraction of sp³-hybridized carbons (Fsp3) is 0.536. The highest BCUT2D eigenvalue weighted by Crippen LogP contribution is 2.33. The predicted molar refractivity (Wildman–Crippen MR) is 139 cm³/mol. The highest BCUT2D eigenvalue weighted by Gasteiger charge is 2.27. The second-order valence-electron chi connectivity index (χ2n) is 9.75. The minimum Gasteiger partial charge on any atom is -0.469 e. The van der Waals surface area contributed by atoms with Crippen LogP contribution < -0.4 is 10.6 Å². The number of ether oxygens (including phenoxy) is 1. The second kappa shape index (κ2) is 12.0. The summed E-state index contributed by atoms with van der Waals surface area (Å²) in [4.78, 5) is 31.7.